The van der Waals surface area contributed by atoms with Gasteiger partial charge in [-0.05, 0) is 55.4 Å². The number of carbonyl (C=O) groups excluding carboxylic acids is 1. The molecule has 0 radical (unpaired) electrons. The van der Waals surface area contributed by atoms with Gasteiger partial charge in [0.1, 0.15) is 5.75 Å². The van der Waals surface area contributed by atoms with Crippen LogP contribution in [0.2, 0.25) is 0 Å². The number of hydrogen-bond donors (Lipinski definition) is 0. The molecular formula is C23H28N2O2. The molecule has 0 amide bonds. The number of pyridine rings is 1. The van der Waals surface area contributed by atoms with E-state index in [1.807, 2.05) is 24.4 Å². The maximum atomic E-state index is 11.1. The molecule has 1 aliphatic carbocycles. The van der Waals surface area contributed by atoms with Crippen LogP contribution in [0.25, 0.3) is 5.52 Å². The van der Waals surface area contributed by atoms with Crippen molar-refractivity contribution in [2.75, 3.05) is 0 Å². The molecule has 1 fully saturated rings. The van der Waals surface area contributed by atoms with Crippen LogP contribution in [-0.2, 0) is 0 Å². The van der Waals surface area contributed by atoms with E-state index in [9.17, 15) is 4.79 Å². The van der Waals surface area contributed by atoms with Gasteiger partial charge < -0.3 is 4.74 Å². The molecule has 0 aliphatic heterocycles. The number of para-hydroxylation sites is 1. The van der Waals surface area contributed by atoms with Crippen LogP contribution in [0.15, 0.2) is 54.9 Å². The zero-order valence-electron chi connectivity index (χ0n) is 16.6. The highest BCUT2D eigenvalue weighted by Crippen LogP contribution is 2.34. The Balaban J connectivity index is 0.000000159. The Bertz CT molecular complexity index is 907. The van der Waals surface area contributed by atoms with Crippen molar-refractivity contribution in [2.24, 2.45) is 5.92 Å². The minimum absolute atomic E-state index is 0.0520. The Morgan fingerprint density at radius 2 is 1.85 bits per heavy atom. The fourth-order valence-electron chi connectivity index (χ4n) is 3.37. The number of aromatic nitrogens is 2. The van der Waals surface area contributed by atoms with Gasteiger partial charge in [0.25, 0.3) is 0 Å². The average Bonchev–Trinajstić information content (AvgIpc) is 3.06. The fourth-order valence-corrected chi connectivity index (χ4v) is 3.37. The van der Waals surface area contributed by atoms with E-state index in [1.165, 1.54) is 18.4 Å². The smallest absolute Gasteiger partial charge is 0.163 e. The second kappa shape index (κ2) is 8.38. The molecule has 2 aromatic heterocycles. The summed E-state index contributed by atoms with van der Waals surface area (Å²) >= 11 is 0. The maximum Gasteiger partial charge on any atom is 0.163 e. The van der Waals surface area contributed by atoms with Gasteiger partial charge in [0, 0.05) is 6.20 Å². The number of ether oxygens (including phenoxy) is 1. The summed E-state index contributed by atoms with van der Waals surface area (Å²) < 4.78 is 7.70. The number of fused-ring (bicyclic) bond motifs is 1. The van der Waals surface area contributed by atoms with Crippen molar-refractivity contribution < 1.29 is 9.53 Å². The van der Waals surface area contributed by atoms with Crippen molar-refractivity contribution >= 4 is 11.3 Å². The molecule has 1 saturated carbocycles. The van der Waals surface area contributed by atoms with Gasteiger partial charge in [-0.3, -0.25) is 4.79 Å². The molecule has 0 bridgehead atoms. The summed E-state index contributed by atoms with van der Waals surface area (Å²) in [4.78, 5) is 11.1. The first-order valence-corrected chi connectivity index (χ1v) is 9.64. The van der Waals surface area contributed by atoms with E-state index in [0.717, 1.165) is 17.2 Å². The SMILES string of the molecule is CC(=O)c1cnn2ccccc12.CC1CC(Oc2ccccc2C(C)C)C1. The summed E-state index contributed by atoms with van der Waals surface area (Å²) in [5, 5.41) is 4.04. The number of carbonyl (C=O) groups is 1. The fraction of sp³-hybridized carbons (Fsp3) is 0.391. The molecule has 1 aromatic carbocycles. The first-order valence-electron chi connectivity index (χ1n) is 9.64. The molecule has 0 spiro atoms. The summed E-state index contributed by atoms with van der Waals surface area (Å²) in [6, 6.07) is 14.1. The zero-order chi connectivity index (χ0) is 19.4. The Hall–Kier alpha value is -2.62. The Kier molecular flexibility index (Phi) is 5.94. The molecule has 3 aromatic rings. The topological polar surface area (TPSA) is 43.6 Å². The molecule has 4 heteroatoms. The van der Waals surface area contributed by atoms with Crippen molar-refractivity contribution in [2.45, 2.75) is 52.6 Å². The van der Waals surface area contributed by atoms with Crippen molar-refractivity contribution in [1.29, 1.82) is 0 Å². The van der Waals surface area contributed by atoms with Crippen LogP contribution in [0.5, 0.6) is 5.75 Å². The monoisotopic (exact) mass is 364 g/mol. The number of benzene rings is 1. The molecule has 0 atom stereocenters. The minimum atomic E-state index is 0.0520. The average molecular weight is 364 g/mol. The molecule has 142 valence electrons. The lowest BCUT2D eigenvalue weighted by atomic mass is 9.84. The molecule has 27 heavy (non-hydrogen) atoms. The lowest BCUT2D eigenvalue weighted by Crippen LogP contribution is -2.32. The van der Waals surface area contributed by atoms with Crippen LogP contribution in [0, 0.1) is 5.92 Å². The third-order valence-electron chi connectivity index (χ3n) is 4.97. The van der Waals surface area contributed by atoms with E-state index < -0.39 is 0 Å². The highest BCUT2D eigenvalue weighted by molar-refractivity contribution is 6.00. The second-order valence-electron chi connectivity index (χ2n) is 7.65. The normalized spacial score (nSPS) is 18.6. The molecule has 1 aliphatic rings. The molecule has 2 heterocycles. The van der Waals surface area contributed by atoms with Crippen molar-refractivity contribution in [3.8, 4) is 5.75 Å². The summed E-state index contributed by atoms with van der Waals surface area (Å²) in [6.07, 6.45) is 6.30. The lowest BCUT2D eigenvalue weighted by molar-refractivity contribution is 0.0727. The van der Waals surface area contributed by atoms with Gasteiger partial charge in [0.15, 0.2) is 5.78 Å². The standard InChI is InChI=1S/C14H20O.C9H8N2O/c1-10(2)13-6-4-5-7-14(13)15-12-8-11(3)9-12;1-7(12)8-6-10-11-5-3-2-4-9(8)11/h4-7,10-12H,8-9H2,1-3H3;2-6H,1H3. The quantitative estimate of drug-likeness (QED) is 0.572. The van der Waals surface area contributed by atoms with Gasteiger partial charge in [0.05, 0.1) is 23.4 Å². The summed E-state index contributed by atoms with van der Waals surface area (Å²) in [6.45, 7) is 8.26. The van der Waals surface area contributed by atoms with Gasteiger partial charge in [-0.25, -0.2) is 4.52 Å². The minimum Gasteiger partial charge on any atom is -0.490 e. The number of ketones is 1. The lowest BCUT2D eigenvalue weighted by Gasteiger charge is -2.33. The van der Waals surface area contributed by atoms with Crippen LogP contribution in [0.4, 0.5) is 0 Å². The van der Waals surface area contributed by atoms with Gasteiger partial charge in [0.2, 0.25) is 0 Å². The predicted octanol–water partition coefficient (Wildman–Crippen LogP) is 5.52. The molecule has 0 saturated heterocycles. The summed E-state index contributed by atoms with van der Waals surface area (Å²) in [7, 11) is 0. The van der Waals surface area contributed by atoms with Gasteiger partial charge in [-0.1, -0.05) is 45.0 Å². The van der Waals surface area contributed by atoms with E-state index in [0.29, 0.717) is 17.6 Å². The number of hydrogen-bond acceptors (Lipinski definition) is 3. The predicted molar refractivity (Wildman–Crippen MR) is 109 cm³/mol. The van der Waals surface area contributed by atoms with Crippen LogP contribution in [0.1, 0.15) is 62.4 Å². The van der Waals surface area contributed by atoms with Crippen LogP contribution >= 0.6 is 0 Å². The van der Waals surface area contributed by atoms with Crippen LogP contribution < -0.4 is 4.74 Å². The Morgan fingerprint density at radius 1 is 1.15 bits per heavy atom. The Morgan fingerprint density at radius 3 is 2.52 bits per heavy atom. The third kappa shape index (κ3) is 4.57. The van der Waals surface area contributed by atoms with Crippen molar-refractivity contribution in [3.05, 3.63) is 66.0 Å². The van der Waals surface area contributed by atoms with E-state index in [2.05, 4.69) is 50.1 Å². The maximum absolute atomic E-state index is 11.1. The van der Waals surface area contributed by atoms with E-state index >= 15 is 0 Å². The van der Waals surface area contributed by atoms with E-state index in [4.69, 9.17) is 4.74 Å². The van der Waals surface area contributed by atoms with Crippen LogP contribution in [0.3, 0.4) is 0 Å². The zero-order valence-corrected chi connectivity index (χ0v) is 16.6. The first-order chi connectivity index (χ1) is 13.0. The van der Waals surface area contributed by atoms with E-state index in [-0.39, 0.29) is 5.78 Å². The summed E-state index contributed by atoms with van der Waals surface area (Å²) in [5.41, 5.74) is 2.87. The van der Waals surface area contributed by atoms with Gasteiger partial charge >= 0.3 is 0 Å². The number of nitrogens with zero attached hydrogens (tertiary/aromatic N) is 2. The van der Waals surface area contributed by atoms with Crippen molar-refractivity contribution in [3.63, 3.8) is 0 Å². The highest BCUT2D eigenvalue weighted by Gasteiger charge is 2.27. The first kappa shape index (κ1) is 19.2. The third-order valence-corrected chi connectivity index (χ3v) is 4.97. The molecular weight excluding hydrogens is 336 g/mol. The Labute approximate surface area is 161 Å². The molecule has 0 N–H and O–H groups in total. The van der Waals surface area contributed by atoms with Crippen molar-refractivity contribution in [1.82, 2.24) is 9.61 Å². The highest BCUT2D eigenvalue weighted by atomic mass is 16.5. The number of Topliss-reactive ketones (excluding diaryl/α,β-unsaturated/α-hetero) is 1. The molecule has 0 unspecified atom stereocenters. The van der Waals surface area contributed by atoms with E-state index in [1.54, 1.807) is 17.6 Å². The van der Waals surface area contributed by atoms with Crippen LogP contribution in [-0.4, -0.2) is 21.5 Å². The second-order valence-corrected chi connectivity index (χ2v) is 7.65. The number of rotatable bonds is 4. The largest absolute Gasteiger partial charge is 0.490 e. The molecule has 4 nitrogen and oxygen atoms in total. The molecule has 4 rings (SSSR count). The summed E-state index contributed by atoms with van der Waals surface area (Å²) in [5.74, 6) is 2.53. The van der Waals surface area contributed by atoms with Gasteiger partial charge in [-0.2, -0.15) is 5.10 Å². The van der Waals surface area contributed by atoms with Gasteiger partial charge in [-0.15, -0.1) is 0 Å².